The van der Waals surface area contributed by atoms with E-state index in [0.29, 0.717) is 18.8 Å². The summed E-state index contributed by atoms with van der Waals surface area (Å²) < 4.78 is 40.5. The van der Waals surface area contributed by atoms with Crippen LogP contribution in [0, 0.1) is 0 Å². The molecular formula is C24H24F3N3O5. The number of alkyl halides is 3. The molecule has 1 aromatic heterocycles. The summed E-state index contributed by atoms with van der Waals surface area (Å²) in [7, 11) is 3.42. The van der Waals surface area contributed by atoms with Crippen LogP contribution in [0.4, 0.5) is 13.2 Å². The molecule has 2 heterocycles. The topological polar surface area (TPSA) is 103 Å². The highest BCUT2D eigenvalue weighted by Gasteiger charge is 2.37. The molecule has 186 valence electrons. The number of ketones is 1. The van der Waals surface area contributed by atoms with Gasteiger partial charge < -0.3 is 24.5 Å². The summed E-state index contributed by atoms with van der Waals surface area (Å²) in [6.45, 7) is 1.93. The Bertz CT molecular complexity index is 1200. The first-order valence-corrected chi connectivity index (χ1v) is 10.7. The summed E-state index contributed by atoms with van der Waals surface area (Å²) in [6, 6.07) is 10.2. The van der Waals surface area contributed by atoms with Gasteiger partial charge in [0.05, 0.1) is 24.8 Å². The number of carbonyl (C=O) groups is 3. The second kappa shape index (κ2) is 10.6. The third-order valence-corrected chi connectivity index (χ3v) is 5.58. The number of nitrogens with zero attached hydrogens (tertiary/aromatic N) is 2. The lowest BCUT2D eigenvalue weighted by molar-refractivity contribution is -0.497. The van der Waals surface area contributed by atoms with Gasteiger partial charge in [-0.1, -0.05) is 30.3 Å². The van der Waals surface area contributed by atoms with E-state index in [2.05, 4.69) is 44.6 Å². The number of allylic oxidation sites excluding steroid dienone is 2. The maximum atomic E-state index is 13.3. The highest BCUT2D eigenvalue weighted by molar-refractivity contribution is 6.24. The molecular weight excluding hydrogens is 467 g/mol. The standard InChI is InChI=1S/C22H23N3O3.C2HF3O2/c1-24-11-9-16-14-25(13-15-6-4-3-5-7-15)21-20(16)18(24)12-17(22(21)27)23-10-8-19(26)28-2;3-2(4,5)1(6)7/h3-7,12,14H,8-11,13H2,1-2H3;(H,6,7). The van der Waals surface area contributed by atoms with Crippen LogP contribution in [0.2, 0.25) is 0 Å². The van der Waals surface area contributed by atoms with E-state index in [-0.39, 0.29) is 18.2 Å². The highest BCUT2D eigenvalue weighted by Crippen LogP contribution is 2.29. The number of hydrogen-bond donors (Lipinski definition) is 1. The number of hydrogen-bond acceptors (Lipinski definition) is 6. The van der Waals surface area contributed by atoms with Crippen LogP contribution in [0.25, 0.3) is 0 Å². The van der Waals surface area contributed by atoms with E-state index in [1.54, 1.807) is 0 Å². The van der Waals surface area contributed by atoms with E-state index in [1.165, 1.54) is 12.7 Å². The van der Waals surface area contributed by atoms with Crippen LogP contribution in [0.1, 0.15) is 33.6 Å². The predicted molar refractivity (Wildman–Crippen MR) is 117 cm³/mol. The van der Waals surface area contributed by atoms with Crippen molar-refractivity contribution in [1.29, 1.82) is 0 Å². The first-order chi connectivity index (χ1) is 16.5. The lowest BCUT2D eigenvalue weighted by atomic mass is 9.91. The number of carboxylic acid groups (broad SMARTS) is 1. The number of methoxy groups -OCH3 is 1. The molecule has 1 N–H and O–H groups in total. The number of esters is 1. The molecule has 11 heteroatoms. The van der Waals surface area contributed by atoms with Crippen LogP contribution in [0.15, 0.2) is 48.3 Å². The van der Waals surface area contributed by atoms with Crippen molar-refractivity contribution in [3.63, 3.8) is 0 Å². The normalized spacial score (nSPS) is 14.4. The minimum absolute atomic E-state index is 0.0268. The minimum atomic E-state index is -5.19. The Morgan fingerprint density at radius 2 is 1.89 bits per heavy atom. The Kier molecular flexibility index (Phi) is 7.78. The second-order valence-corrected chi connectivity index (χ2v) is 7.97. The molecule has 0 saturated carbocycles. The number of likely N-dealkylation sites (N-methyl/N-ethyl adjacent to an activating group) is 1. The van der Waals surface area contributed by atoms with Gasteiger partial charge in [-0.15, -0.1) is 0 Å². The van der Waals surface area contributed by atoms with Crippen LogP contribution in [-0.2, 0) is 27.3 Å². The summed E-state index contributed by atoms with van der Waals surface area (Å²) in [4.78, 5) is 33.5. The fourth-order valence-corrected chi connectivity index (χ4v) is 3.88. The molecule has 0 radical (unpaired) electrons. The summed E-state index contributed by atoms with van der Waals surface area (Å²) in [5.74, 6) is -3.33. The molecule has 1 aliphatic heterocycles. The molecule has 8 nitrogen and oxygen atoms in total. The SMILES string of the molecule is COC(=O)CCNC1=CC2=[N+](C)CCc3cn(Cc4ccccc4)c(c32)C1=O.O=C([O-])C(F)(F)F. The molecule has 0 fully saturated rings. The van der Waals surface area contributed by atoms with E-state index >= 15 is 0 Å². The third kappa shape index (κ3) is 5.97. The molecule has 1 aliphatic carbocycles. The van der Waals surface area contributed by atoms with Crippen LogP contribution in [0.3, 0.4) is 0 Å². The van der Waals surface area contributed by atoms with Crippen LogP contribution >= 0.6 is 0 Å². The maximum absolute atomic E-state index is 13.3. The Hall–Kier alpha value is -3.89. The van der Waals surface area contributed by atoms with Gasteiger partial charge in [-0.25, -0.2) is 4.58 Å². The van der Waals surface area contributed by atoms with Gasteiger partial charge in [0.1, 0.15) is 25.3 Å². The number of nitrogens with one attached hydrogen (secondary N) is 1. The Morgan fingerprint density at radius 3 is 2.49 bits per heavy atom. The zero-order valence-corrected chi connectivity index (χ0v) is 19.1. The maximum Gasteiger partial charge on any atom is 0.430 e. The number of ether oxygens (including phenoxy) is 1. The Balaban J connectivity index is 0.000000429. The lowest BCUT2D eigenvalue weighted by Gasteiger charge is -2.20. The van der Waals surface area contributed by atoms with Gasteiger partial charge in [0.15, 0.2) is 0 Å². The van der Waals surface area contributed by atoms with Gasteiger partial charge in [-0.05, 0) is 11.1 Å². The number of aromatic nitrogens is 1. The number of rotatable bonds is 6. The van der Waals surface area contributed by atoms with Crippen molar-refractivity contribution in [2.75, 3.05) is 27.2 Å². The van der Waals surface area contributed by atoms with Gasteiger partial charge >= 0.3 is 12.1 Å². The number of carbonyl (C=O) groups excluding carboxylic acids is 3. The summed E-state index contributed by atoms with van der Waals surface area (Å²) in [5, 5.41) is 11.9. The third-order valence-electron chi connectivity index (χ3n) is 5.58. The molecule has 2 aromatic rings. The number of carboxylic acids is 1. The molecule has 35 heavy (non-hydrogen) atoms. The van der Waals surface area contributed by atoms with E-state index < -0.39 is 12.1 Å². The molecule has 4 rings (SSSR count). The summed E-state index contributed by atoms with van der Waals surface area (Å²) in [6.07, 6.45) is -0.0168. The zero-order valence-electron chi connectivity index (χ0n) is 19.1. The highest BCUT2D eigenvalue weighted by atomic mass is 19.4. The van der Waals surface area contributed by atoms with Crippen molar-refractivity contribution in [3.8, 4) is 0 Å². The predicted octanol–water partition coefficient (Wildman–Crippen LogP) is 1.06. The van der Waals surface area contributed by atoms with Crippen LogP contribution in [0.5, 0.6) is 0 Å². The van der Waals surface area contributed by atoms with Crippen molar-refractivity contribution in [1.82, 2.24) is 9.88 Å². The van der Waals surface area contributed by atoms with E-state index in [1.807, 2.05) is 24.3 Å². The van der Waals surface area contributed by atoms with Crippen LogP contribution in [-0.4, -0.2) is 66.0 Å². The molecule has 0 saturated heterocycles. The molecule has 1 aromatic carbocycles. The molecule has 0 amide bonds. The Morgan fingerprint density at radius 1 is 1.23 bits per heavy atom. The summed E-state index contributed by atoms with van der Waals surface area (Å²) >= 11 is 0. The largest absolute Gasteiger partial charge is 0.542 e. The van der Waals surface area contributed by atoms with E-state index in [4.69, 9.17) is 9.90 Å². The fourth-order valence-electron chi connectivity index (χ4n) is 3.88. The first-order valence-electron chi connectivity index (χ1n) is 10.7. The van der Waals surface area contributed by atoms with Gasteiger partial charge in [-0.3, -0.25) is 9.59 Å². The number of benzene rings is 1. The molecule has 0 spiro atoms. The van der Waals surface area contributed by atoms with Crippen molar-refractivity contribution < 1.29 is 42.0 Å². The molecule has 0 atom stereocenters. The van der Waals surface area contributed by atoms with E-state index in [0.717, 1.165) is 35.5 Å². The fraction of sp³-hybridized carbons (Fsp3) is 0.333. The second-order valence-electron chi connectivity index (χ2n) is 7.97. The minimum Gasteiger partial charge on any atom is -0.542 e. The van der Waals surface area contributed by atoms with Crippen molar-refractivity contribution in [2.45, 2.75) is 25.6 Å². The van der Waals surface area contributed by atoms with Gasteiger partial charge in [0.25, 0.3) is 0 Å². The smallest absolute Gasteiger partial charge is 0.430 e. The van der Waals surface area contributed by atoms with Gasteiger partial charge in [-0.2, -0.15) is 13.2 Å². The van der Waals surface area contributed by atoms with Gasteiger partial charge in [0.2, 0.25) is 11.5 Å². The zero-order chi connectivity index (χ0) is 25.8. The monoisotopic (exact) mass is 491 g/mol. The van der Waals surface area contributed by atoms with E-state index in [9.17, 15) is 22.8 Å². The van der Waals surface area contributed by atoms with Crippen molar-refractivity contribution >= 4 is 23.4 Å². The van der Waals surface area contributed by atoms with Crippen molar-refractivity contribution in [3.05, 3.63) is 70.7 Å². The van der Waals surface area contributed by atoms with Gasteiger partial charge in [0, 0.05) is 31.8 Å². The number of Topliss-reactive ketones (excluding diaryl/α,β-unsaturated/α-hetero) is 1. The number of aliphatic carboxylic acids is 1. The van der Waals surface area contributed by atoms with Crippen LogP contribution < -0.4 is 10.4 Å². The molecule has 0 bridgehead atoms. The Labute approximate surface area is 199 Å². The van der Waals surface area contributed by atoms with Crippen molar-refractivity contribution in [2.24, 2.45) is 0 Å². The quantitative estimate of drug-likeness (QED) is 0.479. The average molecular weight is 491 g/mol. The first kappa shape index (κ1) is 25.7. The molecule has 0 unspecified atom stereocenters. The average Bonchev–Trinajstić information content (AvgIpc) is 3.18. The molecule has 2 aliphatic rings. The lowest BCUT2D eigenvalue weighted by Crippen LogP contribution is -2.37. The number of halogens is 3. The summed E-state index contributed by atoms with van der Waals surface area (Å²) in [5.41, 5.74) is 5.74.